The van der Waals surface area contributed by atoms with Crippen molar-refractivity contribution in [2.75, 3.05) is 18.5 Å². The summed E-state index contributed by atoms with van der Waals surface area (Å²) in [5.41, 5.74) is 2.39. The minimum atomic E-state index is 0.207. The van der Waals surface area contributed by atoms with E-state index in [1.54, 1.807) is 0 Å². The molecule has 1 aromatic heterocycles. The minimum absolute atomic E-state index is 0.207. The summed E-state index contributed by atoms with van der Waals surface area (Å²) in [5.74, 6) is 1.01. The number of anilines is 1. The summed E-state index contributed by atoms with van der Waals surface area (Å²) in [6.07, 6.45) is 1.84. The van der Waals surface area contributed by atoms with Crippen LogP contribution in [0.15, 0.2) is 42.6 Å². The number of nitrogens with zero attached hydrogens (tertiary/aromatic N) is 2. The fraction of sp³-hybridized carbons (Fsp3) is 0.353. The molecule has 2 rings (SSSR count). The summed E-state index contributed by atoms with van der Waals surface area (Å²) >= 11 is 6.10. The molecule has 0 saturated heterocycles. The Morgan fingerprint density at radius 1 is 1.29 bits per heavy atom. The van der Waals surface area contributed by atoms with Crippen LogP contribution in [0.1, 0.15) is 31.0 Å². The fourth-order valence-electron chi connectivity index (χ4n) is 2.32. The van der Waals surface area contributed by atoms with E-state index in [1.165, 1.54) is 11.1 Å². The Hall–Kier alpha value is -1.58. The van der Waals surface area contributed by atoms with E-state index in [4.69, 9.17) is 11.6 Å². The maximum atomic E-state index is 6.10. The van der Waals surface area contributed by atoms with Crippen molar-refractivity contribution in [1.29, 1.82) is 0 Å². The average molecular weight is 304 g/mol. The van der Waals surface area contributed by atoms with Crippen molar-refractivity contribution < 1.29 is 0 Å². The van der Waals surface area contributed by atoms with Crippen LogP contribution in [0.2, 0.25) is 5.02 Å². The lowest BCUT2D eigenvalue weighted by Crippen LogP contribution is -2.25. The number of pyridine rings is 1. The zero-order chi connectivity index (χ0) is 15.2. The van der Waals surface area contributed by atoms with Gasteiger partial charge in [0.2, 0.25) is 0 Å². The van der Waals surface area contributed by atoms with Crippen LogP contribution in [-0.2, 0) is 6.54 Å². The molecule has 21 heavy (non-hydrogen) atoms. The third kappa shape index (κ3) is 3.96. The molecule has 0 aliphatic carbocycles. The molecule has 1 unspecified atom stereocenters. The summed E-state index contributed by atoms with van der Waals surface area (Å²) < 4.78 is 0. The highest BCUT2D eigenvalue weighted by atomic mass is 35.5. The van der Waals surface area contributed by atoms with E-state index < -0.39 is 0 Å². The van der Waals surface area contributed by atoms with Crippen LogP contribution in [0.5, 0.6) is 0 Å². The molecule has 1 N–H and O–H groups in total. The summed E-state index contributed by atoms with van der Waals surface area (Å²) in [7, 11) is 2.07. The molecule has 0 radical (unpaired) electrons. The van der Waals surface area contributed by atoms with Gasteiger partial charge in [-0.3, -0.25) is 0 Å². The Labute approximate surface area is 132 Å². The second kappa shape index (κ2) is 7.43. The Morgan fingerprint density at radius 3 is 2.81 bits per heavy atom. The molecular formula is C17H22ClN3. The predicted molar refractivity (Wildman–Crippen MR) is 89.9 cm³/mol. The first kappa shape index (κ1) is 15.8. The van der Waals surface area contributed by atoms with Crippen molar-refractivity contribution in [2.24, 2.45) is 0 Å². The number of rotatable bonds is 6. The third-order valence-corrected chi connectivity index (χ3v) is 3.91. The molecule has 0 saturated carbocycles. The van der Waals surface area contributed by atoms with Gasteiger partial charge in [-0.2, -0.15) is 0 Å². The van der Waals surface area contributed by atoms with Crippen LogP contribution >= 0.6 is 11.6 Å². The number of halogens is 1. The van der Waals surface area contributed by atoms with Crippen molar-refractivity contribution in [3.05, 3.63) is 58.7 Å². The first-order valence-electron chi connectivity index (χ1n) is 7.26. The summed E-state index contributed by atoms with van der Waals surface area (Å²) in [5, 5.41) is 4.13. The number of hydrogen-bond acceptors (Lipinski definition) is 3. The van der Waals surface area contributed by atoms with Gasteiger partial charge in [-0.25, -0.2) is 4.98 Å². The van der Waals surface area contributed by atoms with E-state index in [2.05, 4.69) is 48.2 Å². The van der Waals surface area contributed by atoms with Crippen molar-refractivity contribution in [3.63, 3.8) is 0 Å². The molecule has 1 aromatic carbocycles. The summed E-state index contributed by atoms with van der Waals surface area (Å²) in [6, 6.07) is 12.3. The SMILES string of the molecule is CCNCc1cccnc1N(C)C(C)c1cccc(Cl)c1. The Morgan fingerprint density at radius 2 is 2.10 bits per heavy atom. The highest BCUT2D eigenvalue weighted by molar-refractivity contribution is 6.30. The van der Waals surface area contributed by atoms with Crippen LogP contribution in [0.3, 0.4) is 0 Å². The smallest absolute Gasteiger partial charge is 0.133 e. The maximum Gasteiger partial charge on any atom is 0.133 e. The van der Waals surface area contributed by atoms with Crippen LogP contribution in [0.25, 0.3) is 0 Å². The highest BCUT2D eigenvalue weighted by Crippen LogP contribution is 2.27. The summed E-state index contributed by atoms with van der Waals surface area (Å²) in [4.78, 5) is 6.75. The first-order chi connectivity index (χ1) is 10.1. The molecule has 4 heteroatoms. The van der Waals surface area contributed by atoms with E-state index in [1.807, 2.05) is 30.5 Å². The number of hydrogen-bond donors (Lipinski definition) is 1. The fourth-order valence-corrected chi connectivity index (χ4v) is 2.52. The topological polar surface area (TPSA) is 28.2 Å². The lowest BCUT2D eigenvalue weighted by molar-refractivity contribution is 0.694. The normalized spacial score (nSPS) is 12.2. The molecule has 2 aromatic rings. The standard InChI is InChI=1S/C17H22ClN3/c1-4-19-12-15-8-6-10-20-17(15)21(3)13(2)14-7-5-9-16(18)11-14/h5-11,13,19H,4,12H2,1-3H3. The zero-order valence-corrected chi connectivity index (χ0v) is 13.6. The first-order valence-corrected chi connectivity index (χ1v) is 7.64. The van der Waals surface area contributed by atoms with E-state index in [0.717, 1.165) is 23.9 Å². The molecule has 3 nitrogen and oxygen atoms in total. The van der Waals surface area contributed by atoms with Gasteiger partial charge in [-0.05, 0) is 37.2 Å². The van der Waals surface area contributed by atoms with E-state index in [-0.39, 0.29) is 6.04 Å². The van der Waals surface area contributed by atoms with E-state index in [0.29, 0.717) is 0 Å². The highest BCUT2D eigenvalue weighted by Gasteiger charge is 2.16. The zero-order valence-electron chi connectivity index (χ0n) is 12.8. The molecule has 112 valence electrons. The quantitative estimate of drug-likeness (QED) is 0.873. The Bertz CT molecular complexity index is 586. The molecule has 0 bridgehead atoms. The molecule has 0 amide bonds. The number of nitrogens with one attached hydrogen (secondary N) is 1. The number of benzene rings is 1. The molecule has 0 aliphatic rings. The van der Waals surface area contributed by atoms with Gasteiger partial charge in [-0.15, -0.1) is 0 Å². The predicted octanol–water partition coefficient (Wildman–Crippen LogP) is 4.04. The van der Waals surface area contributed by atoms with E-state index >= 15 is 0 Å². The largest absolute Gasteiger partial charge is 0.353 e. The van der Waals surface area contributed by atoms with Gasteiger partial charge in [0.1, 0.15) is 5.82 Å². The van der Waals surface area contributed by atoms with Crippen LogP contribution in [-0.4, -0.2) is 18.6 Å². The minimum Gasteiger partial charge on any atom is -0.353 e. The van der Waals surface area contributed by atoms with E-state index in [9.17, 15) is 0 Å². The maximum absolute atomic E-state index is 6.10. The Kier molecular flexibility index (Phi) is 5.59. The van der Waals surface area contributed by atoms with Gasteiger partial charge >= 0.3 is 0 Å². The lowest BCUT2D eigenvalue weighted by atomic mass is 10.1. The van der Waals surface area contributed by atoms with Crippen LogP contribution < -0.4 is 10.2 Å². The van der Waals surface area contributed by atoms with Crippen molar-refractivity contribution in [2.45, 2.75) is 26.4 Å². The van der Waals surface area contributed by atoms with Gasteiger partial charge in [0.25, 0.3) is 0 Å². The molecular weight excluding hydrogens is 282 g/mol. The lowest BCUT2D eigenvalue weighted by Gasteiger charge is -2.28. The average Bonchev–Trinajstić information content (AvgIpc) is 2.51. The number of aromatic nitrogens is 1. The van der Waals surface area contributed by atoms with Gasteiger partial charge in [0.15, 0.2) is 0 Å². The van der Waals surface area contributed by atoms with Crippen molar-refractivity contribution >= 4 is 17.4 Å². The molecule has 0 spiro atoms. The summed E-state index contributed by atoms with van der Waals surface area (Å²) in [6.45, 7) is 6.04. The molecule has 1 heterocycles. The third-order valence-electron chi connectivity index (χ3n) is 3.68. The van der Waals surface area contributed by atoms with Gasteiger partial charge < -0.3 is 10.2 Å². The Balaban J connectivity index is 2.24. The van der Waals surface area contributed by atoms with Gasteiger partial charge in [-0.1, -0.05) is 36.7 Å². The molecule has 1 atom stereocenters. The molecule has 0 fully saturated rings. The van der Waals surface area contributed by atoms with Crippen molar-refractivity contribution in [3.8, 4) is 0 Å². The van der Waals surface area contributed by atoms with Gasteiger partial charge in [0.05, 0.1) is 6.04 Å². The molecule has 0 aliphatic heterocycles. The second-order valence-electron chi connectivity index (χ2n) is 5.11. The van der Waals surface area contributed by atoms with Crippen molar-refractivity contribution in [1.82, 2.24) is 10.3 Å². The second-order valence-corrected chi connectivity index (χ2v) is 5.54. The monoisotopic (exact) mass is 303 g/mol. The van der Waals surface area contributed by atoms with Gasteiger partial charge in [0, 0.05) is 30.4 Å². The van der Waals surface area contributed by atoms with Crippen LogP contribution in [0.4, 0.5) is 5.82 Å². The van der Waals surface area contributed by atoms with Crippen LogP contribution in [0, 0.1) is 0 Å².